The van der Waals surface area contributed by atoms with Crippen LogP contribution in [0, 0.1) is 20.8 Å². The van der Waals surface area contributed by atoms with E-state index in [0.717, 1.165) is 36.1 Å². The van der Waals surface area contributed by atoms with Gasteiger partial charge in [-0.15, -0.1) is 5.10 Å². The van der Waals surface area contributed by atoms with E-state index in [0.29, 0.717) is 24.0 Å². The van der Waals surface area contributed by atoms with Crippen LogP contribution in [0.25, 0.3) is 11.5 Å². The van der Waals surface area contributed by atoms with Crippen molar-refractivity contribution < 1.29 is 9.32 Å². The third kappa shape index (κ3) is 3.60. The van der Waals surface area contributed by atoms with Crippen LogP contribution in [0.3, 0.4) is 0 Å². The smallest absolute Gasteiger partial charge is 0.253 e. The van der Waals surface area contributed by atoms with Crippen LogP contribution in [0.15, 0.2) is 28.9 Å². The standard InChI is InChI=1S/C19H22N6O2/c1-12-7-13(2)9-15(8-12)19(26)24-6-4-5-16(10-24)25-11-17(21-23-25)18-20-14(3)27-22-18/h7-9,11,16H,4-6,10H2,1-3H3. The third-order valence-electron chi connectivity index (χ3n) is 4.79. The second kappa shape index (κ2) is 6.94. The first-order chi connectivity index (χ1) is 13.0. The molecular formula is C19H22N6O2. The summed E-state index contributed by atoms with van der Waals surface area (Å²) in [5, 5.41) is 12.3. The normalized spacial score (nSPS) is 17.3. The molecule has 0 bridgehead atoms. The van der Waals surface area contributed by atoms with E-state index in [4.69, 9.17) is 4.52 Å². The molecule has 8 heteroatoms. The Bertz CT molecular complexity index is 956. The molecule has 0 radical (unpaired) electrons. The minimum Gasteiger partial charge on any atom is -0.339 e. The molecule has 1 fully saturated rings. The lowest BCUT2D eigenvalue weighted by atomic mass is 10.0. The molecule has 1 amide bonds. The van der Waals surface area contributed by atoms with Gasteiger partial charge in [-0.1, -0.05) is 27.6 Å². The van der Waals surface area contributed by atoms with Gasteiger partial charge in [0.1, 0.15) is 0 Å². The minimum atomic E-state index is 0.0700. The molecule has 3 heterocycles. The van der Waals surface area contributed by atoms with Crippen molar-refractivity contribution in [2.45, 2.75) is 39.7 Å². The average Bonchev–Trinajstić information content (AvgIpc) is 3.29. The Kier molecular flexibility index (Phi) is 4.47. The Balaban J connectivity index is 1.51. The zero-order valence-electron chi connectivity index (χ0n) is 15.7. The molecule has 1 aliphatic rings. The number of rotatable bonds is 3. The van der Waals surface area contributed by atoms with Gasteiger partial charge in [0, 0.05) is 25.6 Å². The van der Waals surface area contributed by atoms with Gasteiger partial charge in [-0.05, 0) is 38.8 Å². The predicted molar refractivity (Wildman–Crippen MR) is 98.1 cm³/mol. The highest BCUT2D eigenvalue weighted by Gasteiger charge is 2.27. The Morgan fingerprint density at radius 2 is 1.96 bits per heavy atom. The van der Waals surface area contributed by atoms with Crippen molar-refractivity contribution in [2.75, 3.05) is 13.1 Å². The Morgan fingerprint density at radius 3 is 2.67 bits per heavy atom. The molecular weight excluding hydrogens is 344 g/mol. The van der Waals surface area contributed by atoms with Gasteiger partial charge in [0.15, 0.2) is 5.69 Å². The number of nitrogens with zero attached hydrogens (tertiary/aromatic N) is 6. The molecule has 0 saturated carbocycles. The van der Waals surface area contributed by atoms with Gasteiger partial charge in [-0.25, -0.2) is 4.68 Å². The summed E-state index contributed by atoms with van der Waals surface area (Å²) in [5.74, 6) is 0.987. The van der Waals surface area contributed by atoms with Crippen LogP contribution >= 0.6 is 0 Å². The molecule has 4 rings (SSSR count). The van der Waals surface area contributed by atoms with Gasteiger partial charge in [-0.3, -0.25) is 4.79 Å². The molecule has 0 spiro atoms. The van der Waals surface area contributed by atoms with Crippen LogP contribution in [0.5, 0.6) is 0 Å². The Hall–Kier alpha value is -3.03. The van der Waals surface area contributed by atoms with Gasteiger partial charge in [0.05, 0.1) is 12.2 Å². The van der Waals surface area contributed by atoms with Crippen LogP contribution in [0.4, 0.5) is 0 Å². The zero-order valence-corrected chi connectivity index (χ0v) is 15.7. The van der Waals surface area contributed by atoms with Crippen LogP contribution in [-0.4, -0.2) is 49.0 Å². The van der Waals surface area contributed by atoms with Crippen molar-refractivity contribution in [2.24, 2.45) is 0 Å². The molecule has 1 aromatic carbocycles. The molecule has 2 aromatic heterocycles. The number of benzene rings is 1. The maximum absolute atomic E-state index is 13.0. The Morgan fingerprint density at radius 1 is 1.19 bits per heavy atom. The first-order valence-electron chi connectivity index (χ1n) is 9.09. The number of piperidine rings is 1. The summed E-state index contributed by atoms with van der Waals surface area (Å²) in [7, 11) is 0. The summed E-state index contributed by atoms with van der Waals surface area (Å²) >= 11 is 0. The summed E-state index contributed by atoms with van der Waals surface area (Å²) < 4.78 is 6.81. The first kappa shape index (κ1) is 17.4. The summed E-state index contributed by atoms with van der Waals surface area (Å²) in [4.78, 5) is 19.0. The number of hydrogen-bond donors (Lipinski definition) is 0. The second-order valence-corrected chi connectivity index (χ2v) is 7.14. The minimum absolute atomic E-state index is 0.0700. The quantitative estimate of drug-likeness (QED) is 0.708. The Labute approximate surface area is 157 Å². The van der Waals surface area contributed by atoms with E-state index in [1.807, 2.05) is 41.8 Å². The molecule has 1 saturated heterocycles. The van der Waals surface area contributed by atoms with E-state index < -0.39 is 0 Å². The number of hydrogen-bond acceptors (Lipinski definition) is 6. The zero-order chi connectivity index (χ0) is 19.0. The average molecular weight is 366 g/mol. The van der Waals surface area contributed by atoms with Crippen LogP contribution in [0.2, 0.25) is 0 Å². The lowest BCUT2D eigenvalue weighted by Crippen LogP contribution is -2.40. The van der Waals surface area contributed by atoms with Crippen molar-refractivity contribution in [1.82, 2.24) is 30.0 Å². The molecule has 0 aliphatic carbocycles. The first-order valence-corrected chi connectivity index (χ1v) is 9.09. The fourth-order valence-corrected chi connectivity index (χ4v) is 3.60. The SMILES string of the molecule is Cc1cc(C)cc(C(=O)N2CCCC(n3cc(-c4noc(C)n4)nn3)C2)c1. The van der Waals surface area contributed by atoms with E-state index in [1.165, 1.54) is 0 Å². The van der Waals surface area contributed by atoms with Crippen molar-refractivity contribution in [3.05, 3.63) is 47.0 Å². The van der Waals surface area contributed by atoms with Gasteiger partial charge >= 0.3 is 0 Å². The third-order valence-corrected chi connectivity index (χ3v) is 4.79. The molecule has 1 aliphatic heterocycles. The number of aromatic nitrogens is 5. The molecule has 8 nitrogen and oxygen atoms in total. The highest BCUT2D eigenvalue weighted by Crippen LogP contribution is 2.24. The van der Waals surface area contributed by atoms with Crippen molar-refractivity contribution >= 4 is 5.91 Å². The summed E-state index contributed by atoms with van der Waals surface area (Å²) in [6, 6.07) is 6.06. The topological polar surface area (TPSA) is 89.9 Å². The lowest BCUT2D eigenvalue weighted by molar-refractivity contribution is 0.0671. The molecule has 27 heavy (non-hydrogen) atoms. The van der Waals surface area contributed by atoms with E-state index in [-0.39, 0.29) is 11.9 Å². The number of aryl methyl sites for hydroxylation is 3. The summed E-state index contributed by atoms with van der Waals surface area (Å²) in [6.45, 7) is 7.13. The fourth-order valence-electron chi connectivity index (χ4n) is 3.60. The van der Waals surface area contributed by atoms with Crippen molar-refractivity contribution in [3.8, 4) is 11.5 Å². The molecule has 1 unspecified atom stereocenters. The number of carbonyl (C=O) groups excluding carboxylic acids is 1. The lowest BCUT2D eigenvalue weighted by Gasteiger charge is -2.32. The van der Waals surface area contributed by atoms with Gasteiger partial charge < -0.3 is 9.42 Å². The summed E-state index contributed by atoms with van der Waals surface area (Å²) in [5.41, 5.74) is 3.52. The maximum atomic E-state index is 13.0. The highest BCUT2D eigenvalue weighted by molar-refractivity contribution is 5.94. The highest BCUT2D eigenvalue weighted by atomic mass is 16.5. The van der Waals surface area contributed by atoms with E-state index in [1.54, 1.807) is 6.92 Å². The largest absolute Gasteiger partial charge is 0.339 e. The van der Waals surface area contributed by atoms with Crippen molar-refractivity contribution in [1.29, 1.82) is 0 Å². The molecule has 140 valence electrons. The number of amides is 1. The van der Waals surface area contributed by atoms with E-state index in [2.05, 4.69) is 26.5 Å². The van der Waals surface area contributed by atoms with Gasteiger partial charge in [-0.2, -0.15) is 4.98 Å². The van der Waals surface area contributed by atoms with Crippen molar-refractivity contribution in [3.63, 3.8) is 0 Å². The predicted octanol–water partition coefficient (Wildman–Crippen LogP) is 2.73. The summed E-state index contributed by atoms with van der Waals surface area (Å²) in [6.07, 6.45) is 3.70. The van der Waals surface area contributed by atoms with E-state index in [9.17, 15) is 4.79 Å². The number of carbonyl (C=O) groups is 1. The maximum Gasteiger partial charge on any atom is 0.253 e. The van der Waals surface area contributed by atoms with E-state index >= 15 is 0 Å². The monoisotopic (exact) mass is 366 g/mol. The number of likely N-dealkylation sites (tertiary alicyclic amines) is 1. The fraction of sp³-hybridized carbons (Fsp3) is 0.421. The van der Waals surface area contributed by atoms with Crippen LogP contribution in [-0.2, 0) is 0 Å². The molecule has 3 aromatic rings. The van der Waals surface area contributed by atoms with Gasteiger partial charge in [0.25, 0.3) is 5.91 Å². The van der Waals surface area contributed by atoms with Crippen LogP contribution < -0.4 is 0 Å². The van der Waals surface area contributed by atoms with Gasteiger partial charge in [0.2, 0.25) is 11.7 Å². The molecule has 0 N–H and O–H groups in total. The molecule has 1 atom stereocenters. The van der Waals surface area contributed by atoms with Crippen LogP contribution in [0.1, 0.15) is 46.3 Å². The second-order valence-electron chi connectivity index (χ2n) is 7.14.